The highest BCUT2D eigenvalue weighted by molar-refractivity contribution is 5.94. The van der Waals surface area contributed by atoms with E-state index in [1.54, 1.807) is 16.8 Å². The van der Waals surface area contributed by atoms with Crippen LogP contribution in [0.15, 0.2) is 12.3 Å². The topological polar surface area (TPSA) is 54.5 Å². The van der Waals surface area contributed by atoms with Crippen LogP contribution in [0.3, 0.4) is 0 Å². The molecule has 0 aliphatic carbocycles. The quantitative estimate of drug-likeness (QED) is 0.801. The van der Waals surface area contributed by atoms with Crippen LogP contribution in [-0.2, 0) is 7.05 Å². The molecule has 2 atom stereocenters. The number of rotatable bonds is 1. The van der Waals surface area contributed by atoms with Crippen LogP contribution in [0.25, 0.3) is 0 Å². The van der Waals surface area contributed by atoms with Crippen molar-refractivity contribution in [3.05, 3.63) is 18.0 Å². The SMILES string of the molecule is CC1CN(C(=O)c2cc(N)cn2C)CC(C)N1C. The van der Waals surface area contributed by atoms with E-state index in [4.69, 9.17) is 5.73 Å². The van der Waals surface area contributed by atoms with E-state index in [1.807, 2.05) is 11.9 Å². The molecule has 1 saturated heterocycles. The number of piperazine rings is 1. The van der Waals surface area contributed by atoms with Gasteiger partial charge < -0.3 is 15.2 Å². The van der Waals surface area contributed by atoms with Gasteiger partial charge in [-0.25, -0.2) is 0 Å². The van der Waals surface area contributed by atoms with Crippen LogP contribution in [0.1, 0.15) is 24.3 Å². The second-order valence-corrected chi connectivity index (χ2v) is 5.34. The van der Waals surface area contributed by atoms with Crippen molar-refractivity contribution in [2.24, 2.45) is 7.05 Å². The fraction of sp³-hybridized carbons (Fsp3) is 0.615. The molecule has 2 rings (SSSR count). The summed E-state index contributed by atoms with van der Waals surface area (Å²) in [4.78, 5) is 16.7. The summed E-state index contributed by atoms with van der Waals surface area (Å²) in [6, 6.07) is 2.52. The highest BCUT2D eigenvalue weighted by Gasteiger charge is 2.30. The number of hydrogen-bond acceptors (Lipinski definition) is 3. The predicted octanol–water partition coefficient (Wildman–Crippen LogP) is 0.772. The maximum atomic E-state index is 12.5. The molecule has 1 aliphatic rings. The van der Waals surface area contributed by atoms with E-state index in [2.05, 4.69) is 25.8 Å². The van der Waals surface area contributed by atoms with Gasteiger partial charge in [0.25, 0.3) is 5.91 Å². The zero-order valence-corrected chi connectivity index (χ0v) is 11.6. The third-order valence-corrected chi connectivity index (χ3v) is 3.89. The number of nitrogen functional groups attached to an aromatic ring is 1. The van der Waals surface area contributed by atoms with Crippen molar-refractivity contribution in [1.82, 2.24) is 14.4 Å². The summed E-state index contributed by atoms with van der Waals surface area (Å²) >= 11 is 0. The summed E-state index contributed by atoms with van der Waals surface area (Å²) in [6.45, 7) is 5.83. The first kappa shape index (κ1) is 13.0. The number of nitrogens with two attached hydrogens (primary N) is 1. The van der Waals surface area contributed by atoms with Crippen LogP contribution in [0, 0.1) is 0 Å². The number of carbonyl (C=O) groups excluding carboxylic acids is 1. The van der Waals surface area contributed by atoms with Crippen molar-refractivity contribution in [2.45, 2.75) is 25.9 Å². The number of nitrogens with zero attached hydrogens (tertiary/aromatic N) is 3. The Balaban J connectivity index is 2.17. The predicted molar refractivity (Wildman–Crippen MR) is 72.4 cm³/mol. The number of anilines is 1. The molecule has 2 heterocycles. The summed E-state index contributed by atoms with van der Waals surface area (Å²) in [7, 11) is 3.96. The minimum Gasteiger partial charge on any atom is -0.397 e. The van der Waals surface area contributed by atoms with Gasteiger partial charge in [0.2, 0.25) is 0 Å². The van der Waals surface area contributed by atoms with E-state index in [9.17, 15) is 4.79 Å². The molecule has 0 bridgehead atoms. The molecular formula is C13H22N4O. The molecule has 1 aromatic rings. The zero-order chi connectivity index (χ0) is 13.4. The first-order chi connectivity index (χ1) is 8.40. The molecule has 100 valence electrons. The summed E-state index contributed by atoms with van der Waals surface area (Å²) in [5, 5.41) is 0. The highest BCUT2D eigenvalue weighted by Crippen LogP contribution is 2.17. The van der Waals surface area contributed by atoms with Crippen LogP contribution in [-0.4, -0.2) is 52.5 Å². The van der Waals surface area contributed by atoms with Crippen molar-refractivity contribution in [3.8, 4) is 0 Å². The Kier molecular flexibility index (Phi) is 3.34. The van der Waals surface area contributed by atoms with E-state index in [1.165, 1.54) is 0 Å². The molecule has 1 amide bonds. The average Bonchev–Trinajstić information content (AvgIpc) is 2.63. The second kappa shape index (κ2) is 4.65. The van der Waals surface area contributed by atoms with Crippen LogP contribution in [0.2, 0.25) is 0 Å². The largest absolute Gasteiger partial charge is 0.397 e. The Hall–Kier alpha value is -1.49. The third-order valence-electron chi connectivity index (χ3n) is 3.89. The molecule has 0 aromatic carbocycles. The van der Waals surface area contributed by atoms with Crippen molar-refractivity contribution in [3.63, 3.8) is 0 Å². The van der Waals surface area contributed by atoms with Gasteiger partial charge in [-0.3, -0.25) is 9.69 Å². The number of amides is 1. The zero-order valence-electron chi connectivity index (χ0n) is 11.6. The van der Waals surface area contributed by atoms with Gasteiger partial charge in [0, 0.05) is 38.4 Å². The molecule has 2 unspecified atom stereocenters. The lowest BCUT2D eigenvalue weighted by molar-refractivity contribution is 0.0406. The van der Waals surface area contributed by atoms with Crippen LogP contribution < -0.4 is 5.73 Å². The average molecular weight is 250 g/mol. The maximum Gasteiger partial charge on any atom is 0.270 e. The molecule has 2 N–H and O–H groups in total. The lowest BCUT2D eigenvalue weighted by atomic mass is 10.1. The van der Waals surface area contributed by atoms with Crippen molar-refractivity contribution in [2.75, 3.05) is 25.9 Å². The lowest BCUT2D eigenvalue weighted by Gasteiger charge is -2.42. The minimum absolute atomic E-state index is 0.0704. The molecule has 0 spiro atoms. The highest BCUT2D eigenvalue weighted by atomic mass is 16.2. The second-order valence-electron chi connectivity index (χ2n) is 5.34. The van der Waals surface area contributed by atoms with Gasteiger partial charge in [0.05, 0.1) is 5.69 Å². The van der Waals surface area contributed by atoms with Crippen LogP contribution in [0.4, 0.5) is 5.69 Å². The summed E-state index contributed by atoms with van der Waals surface area (Å²) < 4.78 is 1.80. The number of hydrogen-bond donors (Lipinski definition) is 1. The van der Waals surface area contributed by atoms with E-state index < -0.39 is 0 Å². The minimum atomic E-state index is 0.0704. The summed E-state index contributed by atoms with van der Waals surface area (Å²) in [5.41, 5.74) is 7.02. The Bertz CT molecular complexity index is 442. The van der Waals surface area contributed by atoms with E-state index in [0.717, 1.165) is 13.1 Å². The molecule has 1 aliphatic heterocycles. The normalized spacial score (nSPS) is 25.4. The van der Waals surface area contributed by atoms with Gasteiger partial charge in [0.15, 0.2) is 0 Å². The fourth-order valence-corrected chi connectivity index (χ4v) is 2.53. The van der Waals surface area contributed by atoms with Gasteiger partial charge >= 0.3 is 0 Å². The smallest absolute Gasteiger partial charge is 0.270 e. The van der Waals surface area contributed by atoms with Gasteiger partial charge in [-0.05, 0) is 27.0 Å². The van der Waals surface area contributed by atoms with Crippen molar-refractivity contribution >= 4 is 11.6 Å². The van der Waals surface area contributed by atoms with Gasteiger partial charge in [-0.1, -0.05) is 0 Å². The van der Waals surface area contributed by atoms with Gasteiger partial charge in [0.1, 0.15) is 5.69 Å². The molecule has 0 saturated carbocycles. The summed E-state index contributed by atoms with van der Waals surface area (Å²) in [5.74, 6) is 0.0704. The van der Waals surface area contributed by atoms with Gasteiger partial charge in [-0.15, -0.1) is 0 Å². The monoisotopic (exact) mass is 250 g/mol. The number of aromatic nitrogens is 1. The standard InChI is InChI=1S/C13H22N4O/c1-9-6-17(7-10(2)16(9)4)13(18)12-5-11(14)8-15(12)3/h5,8-10H,6-7,14H2,1-4H3. The van der Waals surface area contributed by atoms with E-state index >= 15 is 0 Å². The fourth-order valence-electron chi connectivity index (χ4n) is 2.53. The Morgan fingerprint density at radius 1 is 1.28 bits per heavy atom. The number of carbonyl (C=O) groups is 1. The molecule has 5 nitrogen and oxygen atoms in total. The molecule has 0 radical (unpaired) electrons. The lowest BCUT2D eigenvalue weighted by Crippen LogP contribution is -2.56. The molecular weight excluding hydrogens is 228 g/mol. The first-order valence-corrected chi connectivity index (χ1v) is 6.33. The third kappa shape index (κ3) is 2.22. The van der Waals surface area contributed by atoms with Crippen LogP contribution in [0.5, 0.6) is 0 Å². The molecule has 1 fully saturated rings. The molecule has 1 aromatic heterocycles. The maximum absolute atomic E-state index is 12.5. The van der Waals surface area contributed by atoms with E-state index in [0.29, 0.717) is 23.5 Å². The Labute approximate surface area is 108 Å². The number of likely N-dealkylation sites (N-methyl/N-ethyl adjacent to an activating group) is 1. The van der Waals surface area contributed by atoms with Gasteiger partial charge in [-0.2, -0.15) is 0 Å². The van der Waals surface area contributed by atoms with Crippen molar-refractivity contribution in [1.29, 1.82) is 0 Å². The Morgan fingerprint density at radius 3 is 2.28 bits per heavy atom. The van der Waals surface area contributed by atoms with E-state index in [-0.39, 0.29) is 5.91 Å². The molecule has 18 heavy (non-hydrogen) atoms. The number of aryl methyl sites for hydroxylation is 1. The van der Waals surface area contributed by atoms with Crippen LogP contribution >= 0.6 is 0 Å². The summed E-state index contributed by atoms with van der Waals surface area (Å²) in [6.07, 6.45) is 1.77. The van der Waals surface area contributed by atoms with Crippen molar-refractivity contribution < 1.29 is 4.79 Å². The molecule has 5 heteroatoms. The Morgan fingerprint density at radius 2 is 1.83 bits per heavy atom. The first-order valence-electron chi connectivity index (χ1n) is 6.33.